The monoisotopic (exact) mass is 298 g/mol. The Kier molecular flexibility index (Phi) is 4.57. The summed E-state index contributed by atoms with van der Waals surface area (Å²) in [5.41, 5.74) is -0.00960. The second kappa shape index (κ2) is 6.19. The van der Waals surface area contributed by atoms with E-state index in [2.05, 4.69) is 0 Å². The Morgan fingerprint density at radius 3 is 2.95 bits per heavy atom. The van der Waals surface area contributed by atoms with E-state index >= 15 is 0 Å². The summed E-state index contributed by atoms with van der Waals surface area (Å²) in [6.45, 7) is 1.20. The summed E-state index contributed by atoms with van der Waals surface area (Å²) in [6, 6.07) is 4.06. The van der Waals surface area contributed by atoms with Gasteiger partial charge >= 0.3 is 0 Å². The predicted molar refractivity (Wildman–Crippen MR) is 74.0 cm³/mol. The van der Waals surface area contributed by atoms with Crippen molar-refractivity contribution in [2.24, 2.45) is 0 Å². The average molecular weight is 299 g/mol. The summed E-state index contributed by atoms with van der Waals surface area (Å²) >= 11 is 5.73. The molecule has 0 N–H and O–H groups in total. The lowest BCUT2D eigenvalue weighted by atomic mass is 10.1. The average Bonchev–Trinajstić information content (AvgIpc) is 2.91. The van der Waals surface area contributed by atoms with E-state index in [1.54, 1.807) is 7.05 Å². The maximum absolute atomic E-state index is 12.2. The molecule has 0 bridgehead atoms. The van der Waals surface area contributed by atoms with Crippen molar-refractivity contribution in [3.63, 3.8) is 0 Å². The molecule has 1 heterocycles. The first-order chi connectivity index (χ1) is 9.49. The number of amides is 1. The molecule has 1 atom stereocenters. The first kappa shape index (κ1) is 14.7. The second-order valence-corrected chi connectivity index (χ2v) is 5.15. The number of carbonyl (C=O) groups is 1. The highest BCUT2D eigenvalue weighted by Crippen LogP contribution is 2.25. The standard InChI is InChI=1S/C13H15ClN2O4/c1-15(8-10-3-2-6-20-10)13(17)9-4-5-11(14)12(7-9)16(18)19/h4-5,7,10H,2-3,6,8H2,1H3. The maximum atomic E-state index is 12.2. The van der Waals surface area contributed by atoms with Crippen molar-refractivity contribution >= 4 is 23.2 Å². The molecule has 1 aromatic rings. The molecule has 20 heavy (non-hydrogen) atoms. The lowest BCUT2D eigenvalue weighted by Crippen LogP contribution is -2.34. The third-order valence-electron chi connectivity index (χ3n) is 3.24. The maximum Gasteiger partial charge on any atom is 0.288 e. The number of ether oxygens (including phenoxy) is 1. The van der Waals surface area contributed by atoms with Gasteiger partial charge in [0.1, 0.15) is 5.02 Å². The van der Waals surface area contributed by atoms with Crippen LogP contribution >= 0.6 is 11.6 Å². The van der Waals surface area contributed by atoms with E-state index in [0.717, 1.165) is 19.4 Å². The zero-order valence-corrected chi connectivity index (χ0v) is 11.8. The minimum absolute atomic E-state index is 0.0216. The first-order valence-corrected chi connectivity index (χ1v) is 6.68. The predicted octanol–water partition coefficient (Wildman–Crippen LogP) is 2.50. The minimum Gasteiger partial charge on any atom is -0.376 e. The molecule has 1 amide bonds. The van der Waals surface area contributed by atoms with Gasteiger partial charge in [-0.15, -0.1) is 0 Å². The van der Waals surface area contributed by atoms with E-state index in [0.29, 0.717) is 6.54 Å². The van der Waals surface area contributed by atoms with Crippen LogP contribution in [0.15, 0.2) is 18.2 Å². The van der Waals surface area contributed by atoms with E-state index in [1.165, 1.54) is 23.1 Å². The van der Waals surface area contributed by atoms with Crippen molar-refractivity contribution < 1.29 is 14.5 Å². The molecular formula is C13H15ClN2O4. The van der Waals surface area contributed by atoms with Crippen molar-refractivity contribution in [1.82, 2.24) is 4.90 Å². The Morgan fingerprint density at radius 1 is 1.60 bits per heavy atom. The van der Waals surface area contributed by atoms with Gasteiger partial charge in [-0.2, -0.15) is 0 Å². The smallest absolute Gasteiger partial charge is 0.288 e. The molecule has 0 saturated carbocycles. The summed E-state index contributed by atoms with van der Waals surface area (Å²) in [5, 5.41) is 10.8. The molecule has 1 aliphatic heterocycles. The lowest BCUT2D eigenvalue weighted by molar-refractivity contribution is -0.384. The molecule has 1 saturated heterocycles. The summed E-state index contributed by atoms with van der Waals surface area (Å²) in [4.78, 5) is 24.0. The van der Waals surface area contributed by atoms with Crippen molar-refractivity contribution in [3.8, 4) is 0 Å². The van der Waals surface area contributed by atoms with Crippen LogP contribution in [0.3, 0.4) is 0 Å². The van der Waals surface area contributed by atoms with Gasteiger partial charge in [0.05, 0.1) is 11.0 Å². The van der Waals surface area contributed by atoms with E-state index < -0.39 is 4.92 Å². The SMILES string of the molecule is CN(CC1CCCO1)C(=O)c1ccc(Cl)c([N+](=O)[O-])c1. The number of rotatable bonds is 4. The van der Waals surface area contributed by atoms with Gasteiger partial charge in [0, 0.05) is 31.8 Å². The van der Waals surface area contributed by atoms with Gasteiger partial charge in [0.25, 0.3) is 11.6 Å². The highest BCUT2D eigenvalue weighted by Gasteiger charge is 2.22. The van der Waals surface area contributed by atoms with Gasteiger partial charge in [0.15, 0.2) is 0 Å². The molecule has 1 unspecified atom stereocenters. The second-order valence-electron chi connectivity index (χ2n) is 4.74. The zero-order valence-electron chi connectivity index (χ0n) is 11.0. The van der Waals surface area contributed by atoms with Crippen molar-refractivity contribution in [3.05, 3.63) is 38.9 Å². The number of likely N-dealkylation sites (N-methyl/N-ethyl adjacent to an activating group) is 1. The van der Waals surface area contributed by atoms with Crippen LogP contribution in [0.25, 0.3) is 0 Å². The van der Waals surface area contributed by atoms with Gasteiger partial charge in [0.2, 0.25) is 0 Å². The number of nitro benzene ring substituents is 1. The number of carbonyl (C=O) groups excluding carboxylic acids is 1. The molecule has 2 rings (SSSR count). The van der Waals surface area contributed by atoms with Crippen molar-refractivity contribution in [2.45, 2.75) is 18.9 Å². The van der Waals surface area contributed by atoms with Crippen LogP contribution in [-0.2, 0) is 4.74 Å². The molecule has 1 aromatic carbocycles. The Morgan fingerprint density at radius 2 is 2.35 bits per heavy atom. The fraction of sp³-hybridized carbons (Fsp3) is 0.462. The number of halogens is 1. The highest BCUT2D eigenvalue weighted by molar-refractivity contribution is 6.32. The van der Waals surface area contributed by atoms with Gasteiger partial charge in [-0.05, 0) is 25.0 Å². The van der Waals surface area contributed by atoms with E-state index in [4.69, 9.17) is 16.3 Å². The molecule has 0 spiro atoms. The number of nitro groups is 1. The first-order valence-electron chi connectivity index (χ1n) is 6.30. The molecule has 6 nitrogen and oxygen atoms in total. The normalized spacial score (nSPS) is 18.0. The van der Waals surface area contributed by atoms with Crippen LogP contribution in [-0.4, -0.2) is 42.0 Å². The van der Waals surface area contributed by atoms with Gasteiger partial charge in [-0.3, -0.25) is 14.9 Å². The summed E-state index contributed by atoms with van der Waals surface area (Å²) in [7, 11) is 1.66. The number of hydrogen-bond donors (Lipinski definition) is 0. The van der Waals surface area contributed by atoms with Gasteiger partial charge < -0.3 is 9.64 Å². The van der Waals surface area contributed by atoms with Gasteiger partial charge in [-0.1, -0.05) is 11.6 Å². The van der Waals surface area contributed by atoms with Crippen LogP contribution in [0.4, 0.5) is 5.69 Å². The van der Waals surface area contributed by atoms with Gasteiger partial charge in [-0.25, -0.2) is 0 Å². The van der Waals surface area contributed by atoms with Crippen LogP contribution in [0.5, 0.6) is 0 Å². The Labute approximate surface area is 121 Å². The number of nitrogens with zero attached hydrogens (tertiary/aromatic N) is 2. The number of hydrogen-bond acceptors (Lipinski definition) is 4. The molecule has 1 aliphatic rings. The molecule has 0 aliphatic carbocycles. The summed E-state index contributed by atoms with van der Waals surface area (Å²) in [6.07, 6.45) is 1.98. The summed E-state index contributed by atoms with van der Waals surface area (Å²) in [5.74, 6) is -0.278. The number of benzene rings is 1. The Balaban J connectivity index is 2.11. The Hall–Kier alpha value is -1.66. The lowest BCUT2D eigenvalue weighted by Gasteiger charge is -2.20. The van der Waals surface area contributed by atoms with Crippen molar-refractivity contribution in [2.75, 3.05) is 20.2 Å². The Bertz CT molecular complexity index is 529. The quantitative estimate of drug-likeness (QED) is 0.632. The third kappa shape index (κ3) is 3.26. The van der Waals surface area contributed by atoms with Crippen LogP contribution in [0, 0.1) is 10.1 Å². The summed E-state index contributed by atoms with van der Waals surface area (Å²) < 4.78 is 5.47. The fourth-order valence-electron chi connectivity index (χ4n) is 2.18. The fourth-order valence-corrected chi connectivity index (χ4v) is 2.37. The van der Waals surface area contributed by atoms with E-state index in [-0.39, 0.29) is 28.3 Å². The molecular weight excluding hydrogens is 284 g/mol. The largest absolute Gasteiger partial charge is 0.376 e. The van der Waals surface area contributed by atoms with E-state index in [1.807, 2.05) is 0 Å². The third-order valence-corrected chi connectivity index (χ3v) is 3.56. The topological polar surface area (TPSA) is 72.7 Å². The zero-order chi connectivity index (χ0) is 14.7. The molecule has 0 aromatic heterocycles. The highest BCUT2D eigenvalue weighted by atomic mass is 35.5. The van der Waals surface area contributed by atoms with Crippen LogP contribution < -0.4 is 0 Å². The van der Waals surface area contributed by atoms with Crippen LogP contribution in [0.2, 0.25) is 5.02 Å². The van der Waals surface area contributed by atoms with Crippen molar-refractivity contribution in [1.29, 1.82) is 0 Å². The molecule has 1 fully saturated rings. The van der Waals surface area contributed by atoms with E-state index in [9.17, 15) is 14.9 Å². The molecule has 7 heteroatoms. The molecule has 108 valence electrons. The minimum atomic E-state index is -0.598. The van der Waals surface area contributed by atoms with Crippen LogP contribution in [0.1, 0.15) is 23.2 Å². The molecule has 0 radical (unpaired) electrons.